The summed E-state index contributed by atoms with van der Waals surface area (Å²) in [6.45, 7) is 2.58. The van der Waals surface area contributed by atoms with Crippen molar-refractivity contribution < 1.29 is 27.9 Å². The van der Waals surface area contributed by atoms with Crippen molar-refractivity contribution >= 4 is 21.6 Å². The zero-order chi connectivity index (χ0) is 25.4. The number of aryl methyl sites for hydroxylation is 2. The first kappa shape index (κ1) is 29.2. The Balaban J connectivity index is 0.00000380. The smallest absolute Gasteiger partial charge is 0.242 e. The van der Waals surface area contributed by atoms with Gasteiger partial charge in [0.05, 0.1) is 10.9 Å². The normalized spacial score (nSPS) is 13.8. The van der Waals surface area contributed by atoms with Crippen LogP contribution in [0, 0.1) is 6.92 Å². The predicted molar refractivity (Wildman–Crippen MR) is 147 cm³/mol. The summed E-state index contributed by atoms with van der Waals surface area (Å²) in [4.78, 5) is -1.30. The molecule has 0 bridgehead atoms. The van der Waals surface area contributed by atoms with Gasteiger partial charge in [0.25, 0.3) is 0 Å². The van der Waals surface area contributed by atoms with Gasteiger partial charge >= 0.3 is 0 Å². The molecular formula is C30H31ClN2O2RuS. The van der Waals surface area contributed by atoms with Crippen LogP contribution in [0.3, 0.4) is 0 Å². The van der Waals surface area contributed by atoms with Gasteiger partial charge in [-0.1, -0.05) is 120 Å². The van der Waals surface area contributed by atoms with Crippen LogP contribution in [0.1, 0.15) is 34.7 Å². The number of halogens is 1. The molecule has 0 radical (unpaired) electrons. The van der Waals surface area contributed by atoms with Crippen LogP contribution in [-0.2, 0) is 40.9 Å². The fourth-order valence-electron chi connectivity index (χ4n) is 4.25. The van der Waals surface area contributed by atoms with Crippen LogP contribution >= 0.6 is 11.6 Å². The van der Waals surface area contributed by atoms with E-state index in [9.17, 15) is 8.42 Å². The number of sulfonamides is 1. The van der Waals surface area contributed by atoms with E-state index in [-0.39, 0.29) is 24.4 Å². The van der Waals surface area contributed by atoms with Gasteiger partial charge in [0.15, 0.2) is 5.00 Å². The Hall–Kier alpha value is -2.34. The van der Waals surface area contributed by atoms with Crippen molar-refractivity contribution in [1.82, 2.24) is 10.0 Å². The van der Waals surface area contributed by atoms with Gasteiger partial charge in [0.2, 0.25) is 10.0 Å². The van der Waals surface area contributed by atoms with Crippen LogP contribution in [0.4, 0.5) is 0 Å². The van der Waals surface area contributed by atoms with Gasteiger partial charge in [-0.15, -0.1) is 0 Å². The molecule has 0 heterocycles. The Morgan fingerprint density at radius 2 is 1.32 bits per heavy atom. The van der Waals surface area contributed by atoms with Crippen molar-refractivity contribution in [3.8, 4) is 0 Å². The Bertz CT molecular complexity index is 1340. The molecule has 0 aromatic heterocycles. The topological polar surface area (TPSA) is 58.2 Å². The van der Waals surface area contributed by atoms with Crippen molar-refractivity contribution in [2.45, 2.75) is 35.7 Å². The molecule has 0 spiro atoms. The molecule has 4 aromatic carbocycles. The zero-order valence-electron chi connectivity index (χ0n) is 20.6. The van der Waals surface area contributed by atoms with Gasteiger partial charge in [-0.25, -0.2) is 8.42 Å². The van der Waals surface area contributed by atoms with E-state index in [4.69, 9.17) is 11.6 Å². The summed E-state index contributed by atoms with van der Waals surface area (Å²) in [7, 11) is -3.93. The Morgan fingerprint density at radius 3 is 1.92 bits per heavy atom. The van der Waals surface area contributed by atoms with Crippen LogP contribution in [0.25, 0.3) is 0 Å². The average Bonchev–Trinajstić information content (AvgIpc) is 2.90. The first-order valence-corrected chi connectivity index (χ1v) is 13.9. The molecule has 2 atom stereocenters. The molecule has 0 aliphatic rings. The van der Waals surface area contributed by atoms with Crippen LogP contribution in [0.15, 0.2) is 120 Å². The van der Waals surface area contributed by atoms with Gasteiger partial charge in [0, 0.05) is 19.5 Å². The van der Waals surface area contributed by atoms with Crippen molar-refractivity contribution in [2.75, 3.05) is 6.54 Å². The minimum absolute atomic E-state index is 0. The van der Waals surface area contributed by atoms with E-state index in [1.165, 1.54) is 5.56 Å². The zero-order valence-corrected chi connectivity index (χ0v) is 23.9. The molecule has 4 nitrogen and oxygen atoms in total. The quantitative estimate of drug-likeness (QED) is 0.0893. The Labute approximate surface area is 238 Å². The number of nitrogens with one attached hydrogen (secondary N) is 2. The third-order valence-corrected chi connectivity index (χ3v) is 8.30. The largest absolute Gasteiger partial charge is 0.307 e. The minimum Gasteiger partial charge on any atom is -0.307 e. The molecule has 0 fully saturated rings. The van der Waals surface area contributed by atoms with E-state index in [1.54, 1.807) is 24.3 Å². The molecule has 0 amide bonds. The maximum Gasteiger partial charge on any atom is 0.242 e. The fraction of sp³-hybridized carbons (Fsp3) is 0.200. The molecule has 37 heavy (non-hydrogen) atoms. The average molecular weight is 620 g/mol. The van der Waals surface area contributed by atoms with Crippen LogP contribution < -0.4 is 10.0 Å². The van der Waals surface area contributed by atoms with E-state index >= 15 is 0 Å². The number of alkyl halides is 1. The summed E-state index contributed by atoms with van der Waals surface area (Å²) in [5.74, 6) is 0. The van der Waals surface area contributed by atoms with Crippen LogP contribution in [0.2, 0.25) is 0 Å². The number of rotatable bonds is 11. The molecule has 2 unspecified atom stereocenters. The summed E-state index contributed by atoms with van der Waals surface area (Å²) in [6.07, 6.45) is 1.78. The summed E-state index contributed by atoms with van der Waals surface area (Å²) < 4.78 is 30.0. The van der Waals surface area contributed by atoms with Crippen LogP contribution in [-0.4, -0.2) is 15.0 Å². The summed E-state index contributed by atoms with van der Waals surface area (Å²) >= 11 is 7.37. The second-order valence-electron chi connectivity index (χ2n) is 8.88. The SMILES string of the molecule is Cc1ccc(S(=O)(=O)NC(Cl)(c2ccccc2)C(NCCCc2ccccc2)c2ccccc2)cc1.[Ru]. The van der Waals surface area contributed by atoms with Crippen molar-refractivity contribution in [2.24, 2.45) is 0 Å². The van der Waals surface area contributed by atoms with Crippen molar-refractivity contribution in [1.29, 1.82) is 0 Å². The standard InChI is InChI=1S/C30H31ClN2O2S.Ru/c1-24-19-21-28(22-20-24)36(34,35)33-30(31,27-17-9-4-10-18-27)29(26-15-7-3-8-16-26)32-23-11-14-25-12-5-2-6-13-25;/h2-10,12-13,15-22,29,32-33H,11,14,23H2,1H3;. The minimum atomic E-state index is -3.93. The monoisotopic (exact) mass is 620 g/mol. The van der Waals surface area contributed by atoms with E-state index in [0.29, 0.717) is 12.1 Å². The molecule has 7 heteroatoms. The molecule has 0 saturated carbocycles. The van der Waals surface area contributed by atoms with E-state index < -0.39 is 21.1 Å². The summed E-state index contributed by atoms with van der Waals surface area (Å²) in [6, 6.07) is 35.6. The number of benzene rings is 4. The second-order valence-corrected chi connectivity index (χ2v) is 11.2. The van der Waals surface area contributed by atoms with Crippen molar-refractivity contribution in [3.05, 3.63) is 138 Å². The second kappa shape index (κ2) is 13.5. The first-order chi connectivity index (χ1) is 17.4. The van der Waals surface area contributed by atoms with Gasteiger partial charge in [-0.2, -0.15) is 4.72 Å². The summed E-state index contributed by atoms with van der Waals surface area (Å²) in [5, 5.41) is 3.57. The van der Waals surface area contributed by atoms with E-state index in [2.05, 4.69) is 22.2 Å². The Morgan fingerprint density at radius 1 is 0.784 bits per heavy atom. The molecule has 0 aliphatic carbocycles. The molecule has 4 aromatic rings. The predicted octanol–water partition coefficient (Wildman–Crippen LogP) is 6.33. The van der Waals surface area contributed by atoms with Gasteiger partial charge in [-0.05, 0) is 55.1 Å². The molecule has 0 saturated heterocycles. The van der Waals surface area contributed by atoms with E-state index in [0.717, 1.165) is 24.0 Å². The van der Waals surface area contributed by atoms with Crippen molar-refractivity contribution in [3.63, 3.8) is 0 Å². The maximum absolute atomic E-state index is 13.6. The van der Waals surface area contributed by atoms with Crippen LogP contribution in [0.5, 0.6) is 0 Å². The van der Waals surface area contributed by atoms with Gasteiger partial charge in [-0.3, -0.25) is 0 Å². The molecule has 2 N–H and O–H groups in total. The maximum atomic E-state index is 13.6. The fourth-order valence-corrected chi connectivity index (χ4v) is 6.13. The van der Waals surface area contributed by atoms with Gasteiger partial charge < -0.3 is 5.32 Å². The third kappa shape index (κ3) is 7.59. The molecule has 194 valence electrons. The molecular weight excluding hydrogens is 589 g/mol. The molecule has 0 aliphatic heterocycles. The number of hydrogen-bond acceptors (Lipinski definition) is 3. The number of hydrogen-bond donors (Lipinski definition) is 2. The van der Waals surface area contributed by atoms with Gasteiger partial charge in [0.1, 0.15) is 0 Å². The summed E-state index contributed by atoms with van der Waals surface area (Å²) in [5.41, 5.74) is 3.79. The van der Waals surface area contributed by atoms with E-state index in [1.807, 2.05) is 85.8 Å². The first-order valence-electron chi connectivity index (χ1n) is 12.1. The molecule has 4 rings (SSSR count). The Kier molecular flexibility index (Phi) is 10.6. The third-order valence-electron chi connectivity index (χ3n) is 6.17.